The van der Waals surface area contributed by atoms with Crippen molar-refractivity contribution >= 4 is 12.0 Å². The lowest BCUT2D eigenvalue weighted by molar-refractivity contribution is -0.138. The summed E-state index contributed by atoms with van der Waals surface area (Å²) in [6.45, 7) is 2.79. The summed E-state index contributed by atoms with van der Waals surface area (Å²) < 4.78 is 0. The standard InChI is InChI=1S/C13H24N2O3/c1-3-4-9-15(2)12(18)14-13(10-11(16)17)7-5-6-8-13/h3-10H2,1-2H3,(H,14,18)(H,16,17). The lowest BCUT2D eigenvalue weighted by Gasteiger charge is -2.31. The maximum atomic E-state index is 12.0. The van der Waals surface area contributed by atoms with Crippen molar-refractivity contribution in [2.75, 3.05) is 13.6 Å². The average Bonchev–Trinajstić information content (AvgIpc) is 2.72. The summed E-state index contributed by atoms with van der Waals surface area (Å²) in [6, 6.07) is -0.147. The van der Waals surface area contributed by atoms with Crippen LogP contribution in [0.4, 0.5) is 4.79 Å². The lowest BCUT2D eigenvalue weighted by Crippen LogP contribution is -2.52. The molecular weight excluding hydrogens is 232 g/mol. The number of carbonyl (C=O) groups excluding carboxylic acids is 1. The molecule has 5 heteroatoms. The fourth-order valence-electron chi connectivity index (χ4n) is 2.51. The second-order valence-electron chi connectivity index (χ2n) is 5.26. The topological polar surface area (TPSA) is 69.6 Å². The van der Waals surface area contributed by atoms with Gasteiger partial charge in [0.1, 0.15) is 0 Å². The van der Waals surface area contributed by atoms with Crippen molar-refractivity contribution in [3.8, 4) is 0 Å². The highest BCUT2D eigenvalue weighted by molar-refractivity contribution is 5.76. The molecule has 0 unspecified atom stereocenters. The monoisotopic (exact) mass is 256 g/mol. The normalized spacial score (nSPS) is 17.4. The quantitative estimate of drug-likeness (QED) is 0.765. The van der Waals surface area contributed by atoms with Crippen molar-refractivity contribution in [3.63, 3.8) is 0 Å². The number of nitrogens with zero attached hydrogens (tertiary/aromatic N) is 1. The zero-order valence-electron chi connectivity index (χ0n) is 11.4. The largest absolute Gasteiger partial charge is 0.481 e. The number of amides is 2. The third-order valence-electron chi connectivity index (χ3n) is 3.62. The molecule has 0 saturated heterocycles. The lowest BCUT2D eigenvalue weighted by atomic mass is 9.93. The zero-order chi connectivity index (χ0) is 13.6. The molecule has 2 N–H and O–H groups in total. The highest BCUT2D eigenvalue weighted by atomic mass is 16.4. The Bertz CT molecular complexity index is 299. The molecule has 1 rings (SSSR count). The molecule has 18 heavy (non-hydrogen) atoms. The maximum absolute atomic E-state index is 12.0. The minimum Gasteiger partial charge on any atom is -0.481 e. The molecule has 0 atom stereocenters. The molecule has 0 aromatic rings. The molecule has 2 amide bonds. The van der Waals surface area contributed by atoms with Crippen molar-refractivity contribution in [1.29, 1.82) is 0 Å². The van der Waals surface area contributed by atoms with E-state index in [1.54, 1.807) is 11.9 Å². The van der Waals surface area contributed by atoms with Crippen LogP contribution >= 0.6 is 0 Å². The van der Waals surface area contributed by atoms with Crippen LogP contribution in [0.15, 0.2) is 0 Å². The molecule has 0 bridgehead atoms. The first-order chi connectivity index (χ1) is 8.49. The Morgan fingerprint density at radius 3 is 2.44 bits per heavy atom. The second kappa shape index (κ2) is 6.61. The third kappa shape index (κ3) is 4.20. The first kappa shape index (κ1) is 14.8. The summed E-state index contributed by atoms with van der Waals surface area (Å²) in [7, 11) is 1.76. The van der Waals surface area contributed by atoms with E-state index >= 15 is 0 Å². The molecule has 0 spiro atoms. The van der Waals surface area contributed by atoms with Crippen molar-refractivity contribution in [3.05, 3.63) is 0 Å². The van der Waals surface area contributed by atoms with Crippen LogP contribution in [0.5, 0.6) is 0 Å². The number of carboxylic acid groups (broad SMARTS) is 1. The summed E-state index contributed by atoms with van der Waals surface area (Å²) in [4.78, 5) is 24.6. The molecule has 104 valence electrons. The minimum atomic E-state index is -0.839. The predicted molar refractivity (Wildman–Crippen MR) is 69.5 cm³/mol. The fraction of sp³-hybridized carbons (Fsp3) is 0.846. The molecule has 1 saturated carbocycles. The van der Waals surface area contributed by atoms with E-state index in [-0.39, 0.29) is 12.5 Å². The smallest absolute Gasteiger partial charge is 0.317 e. The van der Waals surface area contributed by atoms with E-state index in [1.165, 1.54) is 0 Å². The van der Waals surface area contributed by atoms with E-state index in [2.05, 4.69) is 12.2 Å². The van der Waals surface area contributed by atoms with Gasteiger partial charge in [0.05, 0.1) is 12.0 Å². The van der Waals surface area contributed by atoms with E-state index in [4.69, 9.17) is 5.11 Å². The van der Waals surface area contributed by atoms with Crippen molar-refractivity contribution in [2.45, 2.75) is 57.4 Å². The van der Waals surface area contributed by atoms with Gasteiger partial charge in [-0.1, -0.05) is 26.2 Å². The summed E-state index contributed by atoms with van der Waals surface area (Å²) >= 11 is 0. The van der Waals surface area contributed by atoms with E-state index in [9.17, 15) is 9.59 Å². The van der Waals surface area contributed by atoms with E-state index in [1.807, 2.05) is 0 Å². The van der Waals surface area contributed by atoms with E-state index in [0.717, 1.165) is 38.5 Å². The van der Waals surface area contributed by atoms with Crippen molar-refractivity contribution < 1.29 is 14.7 Å². The third-order valence-corrected chi connectivity index (χ3v) is 3.62. The molecular formula is C13H24N2O3. The molecule has 0 aromatic heterocycles. The van der Waals surface area contributed by atoms with Crippen molar-refractivity contribution in [1.82, 2.24) is 10.2 Å². The van der Waals surface area contributed by atoms with Gasteiger partial charge in [-0.25, -0.2) is 4.79 Å². The van der Waals surface area contributed by atoms with Crippen LogP contribution in [0.2, 0.25) is 0 Å². The Morgan fingerprint density at radius 2 is 1.94 bits per heavy atom. The number of rotatable bonds is 6. The summed E-state index contributed by atoms with van der Waals surface area (Å²) in [5.41, 5.74) is -0.524. The Balaban J connectivity index is 2.55. The molecule has 0 heterocycles. The van der Waals surface area contributed by atoms with Crippen LogP contribution in [0, 0.1) is 0 Å². The molecule has 1 aliphatic carbocycles. The number of carboxylic acids is 1. The average molecular weight is 256 g/mol. The van der Waals surface area contributed by atoms with Crippen LogP contribution < -0.4 is 5.32 Å². The van der Waals surface area contributed by atoms with Gasteiger partial charge in [0.2, 0.25) is 0 Å². The first-order valence-corrected chi connectivity index (χ1v) is 6.74. The van der Waals surface area contributed by atoms with Gasteiger partial charge in [0.25, 0.3) is 0 Å². The molecule has 5 nitrogen and oxygen atoms in total. The van der Waals surface area contributed by atoms with Crippen LogP contribution in [0.1, 0.15) is 51.9 Å². The van der Waals surface area contributed by atoms with Crippen LogP contribution in [-0.4, -0.2) is 41.1 Å². The fourth-order valence-corrected chi connectivity index (χ4v) is 2.51. The van der Waals surface area contributed by atoms with Crippen LogP contribution in [0.3, 0.4) is 0 Å². The van der Waals surface area contributed by atoms with Gasteiger partial charge in [-0.15, -0.1) is 0 Å². The minimum absolute atomic E-state index is 0.0281. The number of nitrogens with one attached hydrogen (secondary N) is 1. The number of urea groups is 1. The number of carbonyl (C=O) groups is 2. The molecule has 0 aromatic carbocycles. The summed E-state index contributed by atoms with van der Waals surface area (Å²) in [6.07, 6.45) is 5.56. The van der Waals surface area contributed by atoms with Gasteiger partial charge >= 0.3 is 12.0 Å². The van der Waals surface area contributed by atoms with Gasteiger partial charge in [-0.3, -0.25) is 4.79 Å². The SMILES string of the molecule is CCCCN(C)C(=O)NC1(CC(=O)O)CCCC1. The number of hydrogen-bond donors (Lipinski definition) is 2. The van der Waals surface area contributed by atoms with Gasteiger partial charge < -0.3 is 15.3 Å². The van der Waals surface area contributed by atoms with Crippen LogP contribution in [-0.2, 0) is 4.79 Å². The van der Waals surface area contributed by atoms with E-state index < -0.39 is 11.5 Å². The highest BCUT2D eigenvalue weighted by Gasteiger charge is 2.37. The molecule has 1 aliphatic rings. The second-order valence-corrected chi connectivity index (χ2v) is 5.26. The highest BCUT2D eigenvalue weighted by Crippen LogP contribution is 2.32. The summed E-state index contributed by atoms with van der Waals surface area (Å²) in [5.74, 6) is -0.839. The summed E-state index contributed by atoms with van der Waals surface area (Å²) in [5, 5.41) is 11.9. The number of unbranched alkanes of at least 4 members (excludes halogenated alkanes) is 1. The molecule has 0 radical (unpaired) electrons. The van der Waals surface area contributed by atoms with Gasteiger partial charge in [0, 0.05) is 13.6 Å². The number of hydrogen-bond acceptors (Lipinski definition) is 2. The van der Waals surface area contributed by atoms with Crippen molar-refractivity contribution in [2.24, 2.45) is 0 Å². The number of aliphatic carboxylic acids is 1. The molecule has 0 aliphatic heterocycles. The van der Waals surface area contributed by atoms with Gasteiger partial charge in [0.15, 0.2) is 0 Å². The first-order valence-electron chi connectivity index (χ1n) is 6.74. The van der Waals surface area contributed by atoms with Gasteiger partial charge in [-0.05, 0) is 19.3 Å². The Labute approximate surface area is 109 Å². The van der Waals surface area contributed by atoms with Gasteiger partial charge in [-0.2, -0.15) is 0 Å². The van der Waals surface area contributed by atoms with E-state index in [0.29, 0.717) is 6.54 Å². The maximum Gasteiger partial charge on any atom is 0.317 e. The zero-order valence-corrected chi connectivity index (χ0v) is 11.4. The Morgan fingerprint density at radius 1 is 1.33 bits per heavy atom. The molecule has 1 fully saturated rings. The van der Waals surface area contributed by atoms with Crippen LogP contribution in [0.25, 0.3) is 0 Å². The Hall–Kier alpha value is -1.26. The predicted octanol–water partition coefficient (Wildman–Crippen LogP) is 2.22. The Kier molecular flexibility index (Phi) is 5.44.